The molecule has 0 saturated heterocycles. The number of ether oxygens (including phenoxy) is 1. The number of carbonyl (C=O) groups excluding carboxylic acids is 1. The first-order valence-corrected chi connectivity index (χ1v) is 8.01. The van der Waals surface area contributed by atoms with Crippen LogP contribution in [0.5, 0.6) is 5.75 Å². The van der Waals surface area contributed by atoms with Crippen molar-refractivity contribution in [1.29, 1.82) is 0 Å². The number of nitrogens with zero attached hydrogens (tertiary/aromatic N) is 3. The quantitative estimate of drug-likeness (QED) is 0.610. The maximum Gasteiger partial charge on any atom is 0.277 e. The van der Waals surface area contributed by atoms with Gasteiger partial charge in [0.15, 0.2) is 5.69 Å². The molecule has 1 N–H and O–H groups in total. The summed E-state index contributed by atoms with van der Waals surface area (Å²) in [7, 11) is 1.55. The zero-order chi connectivity index (χ0) is 18.1. The van der Waals surface area contributed by atoms with E-state index in [4.69, 9.17) is 9.26 Å². The minimum absolute atomic E-state index is 0.211. The van der Waals surface area contributed by atoms with Crippen molar-refractivity contribution in [2.24, 2.45) is 0 Å². The van der Waals surface area contributed by atoms with Crippen molar-refractivity contribution in [3.05, 3.63) is 66.3 Å². The number of nitrogens with one attached hydrogen (secondary N) is 1. The molecule has 0 unspecified atom stereocenters. The van der Waals surface area contributed by atoms with Crippen molar-refractivity contribution in [1.82, 2.24) is 14.5 Å². The first kappa shape index (κ1) is 15.9. The number of hydrogen-bond donors (Lipinski definition) is 1. The Morgan fingerprint density at radius 2 is 2.12 bits per heavy atom. The Morgan fingerprint density at radius 1 is 1.23 bits per heavy atom. The van der Waals surface area contributed by atoms with Crippen molar-refractivity contribution in [2.45, 2.75) is 6.92 Å². The highest BCUT2D eigenvalue weighted by molar-refractivity contribution is 6.04. The van der Waals surface area contributed by atoms with Gasteiger partial charge in [-0.25, -0.2) is 4.98 Å². The second-order valence-electron chi connectivity index (χ2n) is 5.78. The molecule has 7 nitrogen and oxygen atoms in total. The van der Waals surface area contributed by atoms with E-state index in [0.717, 1.165) is 16.9 Å². The minimum Gasteiger partial charge on any atom is -0.495 e. The van der Waals surface area contributed by atoms with E-state index in [1.807, 2.05) is 47.1 Å². The van der Waals surface area contributed by atoms with Crippen LogP contribution in [0.4, 0.5) is 5.69 Å². The van der Waals surface area contributed by atoms with Crippen molar-refractivity contribution in [2.75, 3.05) is 12.4 Å². The van der Waals surface area contributed by atoms with Gasteiger partial charge in [-0.05, 0) is 37.3 Å². The number of carbonyl (C=O) groups is 1. The number of hydrogen-bond acceptors (Lipinski definition) is 5. The Morgan fingerprint density at radius 3 is 2.85 bits per heavy atom. The molecule has 0 radical (unpaired) electrons. The number of aromatic nitrogens is 3. The van der Waals surface area contributed by atoms with Crippen LogP contribution in [-0.4, -0.2) is 27.6 Å². The number of anilines is 1. The molecule has 4 aromatic rings. The van der Waals surface area contributed by atoms with Gasteiger partial charge in [-0.1, -0.05) is 11.2 Å². The van der Waals surface area contributed by atoms with Crippen LogP contribution in [-0.2, 0) is 0 Å². The second kappa shape index (κ2) is 6.36. The molecule has 26 heavy (non-hydrogen) atoms. The Labute approximate surface area is 149 Å². The zero-order valence-electron chi connectivity index (χ0n) is 14.3. The lowest BCUT2D eigenvalue weighted by atomic mass is 10.1. The number of benzene rings is 1. The fourth-order valence-corrected chi connectivity index (χ4v) is 2.70. The molecule has 0 aliphatic rings. The Hall–Kier alpha value is -3.61. The van der Waals surface area contributed by atoms with E-state index in [-0.39, 0.29) is 11.6 Å². The third-order valence-corrected chi connectivity index (χ3v) is 3.97. The van der Waals surface area contributed by atoms with Gasteiger partial charge in [0.05, 0.1) is 18.5 Å². The van der Waals surface area contributed by atoms with Crippen LogP contribution in [0.3, 0.4) is 0 Å². The molecule has 0 bridgehead atoms. The first-order chi connectivity index (χ1) is 12.6. The fraction of sp³-hybridized carbons (Fsp3) is 0.105. The topological polar surface area (TPSA) is 81.7 Å². The summed E-state index contributed by atoms with van der Waals surface area (Å²) in [6, 6.07) is 12.9. The summed E-state index contributed by atoms with van der Waals surface area (Å²) in [5, 5.41) is 6.55. The number of amides is 1. The predicted octanol–water partition coefficient (Wildman–Crippen LogP) is 3.56. The van der Waals surface area contributed by atoms with Crippen LogP contribution in [0.25, 0.3) is 16.9 Å². The largest absolute Gasteiger partial charge is 0.495 e. The summed E-state index contributed by atoms with van der Waals surface area (Å²) in [5.74, 6) is 0.749. The number of methoxy groups -OCH3 is 1. The highest BCUT2D eigenvalue weighted by Crippen LogP contribution is 2.30. The molecule has 3 aromatic heterocycles. The number of aryl methyl sites for hydroxylation is 1. The highest BCUT2D eigenvalue weighted by atomic mass is 16.5. The van der Waals surface area contributed by atoms with Gasteiger partial charge in [0.25, 0.3) is 5.91 Å². The van der Waals surface area contributed by atoms with E-state index < -0.39 is 0 Å². The molecule has 130 valence electrons. The second-order valence-corrected chi connectivity index (χ2v) is 5.78. The van der Waals surface area contributed by atoms with Crippen molar-refractivity contribution < 1.29 is 14.1 Å². The molecule has 1 amide bonds. The van der Waals surface area contributed by atoms with Crippen molar-refractivity contribution in [3.63, 3.8) is 0 Å². The SMILES string of the molecule is COc1ccc(-c2cn3ccccc3n2)cc1NC(=O)c1cc(C)on1. The Bertz CT molecular complexity index is 1060. The Balaban J connectivity index is 1.69. The van der Waals surface area contributed by atoms with E-state index >= 15 is 0 Å². The van der Waals surface area contributed by atoms with E-state index in [1.54, 1.807) is 26.2 Å². The fourth-order valence-electron chi connectivity index (χ4n) is 2.70. The molecule has 1 aromatic carbocycles. The molecule has 7 heteroatoms. The number of rotatable bonds is 4. The van der Waals surface area contributed by atoms with Crippen molar-refractivity contribution >= 4 is 17.2 Å². The smallest absolute Gasteiger partial charge is 0.277 e. The summed E-state index contributed by atoms with van der Waals surface area (Å²) in [4.78, 5) is 17.0. The van der Waals surface area contributed by atoms with Crippen LogP contribution < -0.4 is 10.1 Å². The predicted molar refractivity (Wildman–Crippen MR) is 96.4 cm³/mol. The highest BCUT2D eigenvalue weighted by Gasteiger charge is 2.15. The Kier molecular flexibility index (Phi) is 3.89. The lowest BCUT2D eigenvalue weighted by Crippen LogP contribution is -2.13. The lowest BCUT2D eigenvalue weighted by Gasteiger charge is -2.10. The van der Waals surface area contributed by atoms with E-state index in [2.05, 4.69) is 15.5 Å². The molecular weight excluding hydrogens is 332 g/mol. The number of fused-ring (bicyclic) bond motifs is 1. The van der Waals surface area contributed by atoms with Crippen LogP contribution >= 0.6 is 0 Å². The first-order valence-electron chi connectivity index (χ1n) is 8.01. The van der Waals surface area contributed by atoms with Gasteiger partial charge in [-0.15, -0.1) is 0 Å². The van der Waals surface area contributed by atoms with Gasteiger partial charge in [0, 0.05) is 24.0 Å². The van der Waals surface area contributed by atoms with E-state index in [9.17, 15) is 4.79 Å². The lowest BCUT2D eigenvalue weighted by molar-refractivity contribution is 0.101. The standard InChI is InChI=1S/C19H16N4O3/c1-12-9-15(22-26-12)19(24)21-14-10-13(6-7-17(14)25-2)16-11-23-8-4-3-5-18(23)20-16/h3-11H,1-2H3,(H,21,24). The number of pyridine rings is 1. The summed E-state index contributed by atoms with van der Waals surface area (Å²) in [6.07, 6.45) is 3.87. The monoisotopic (exact) mass is 348 g/mol. The van der Waals surface area contributed by atoms with Crippen LogP contribution in [0.15, 0.2) is 59.4 Å². The van der Waals surface area contributed by atoms with Gasteiger partial charge in [-0.3, -0.25) is 4.79 Å². The minimum atomic E-state index is -0.368. The molecule has 4 rings (SSSR count). The zero-order valence-corrected chi connectivity index (χ0v) is 14.3. The molecule has 0 spiro atoms. The third-order valence-electron chi connectivity index (χ3n) is 3.97. The average molecular weight is 348 g/mol. The normalized spacial score (nSPS) is 10.8. The summed E-state index contributed by atoms with van der Waals surface area (Å²) < 4.78 is 12.2. The van der Waals surface area contributed by atoms with E-state index in [0.29, 0.717) is 17.2 Å². The number of imidazole rings is 1. The molecule has 0 atom stereocenters. The molecule has 0 aliphatic carbocycles. The van der Waals surface area contributed by atoms with Gasteiger partial charge in [0.1, 0.15) is 17.2 Å². The average Bonchev–Trinajstić information content (AvgIpc) is 3.27. The van der Waals surface area contributed by atoms with Gasteiger partial charge >= 0.3 is 0 Å². The summed E-state index contributed by atoms with van der Waals surface area (Å²) in [5.41, 5.74) is 3.25. The van der Waals surface area contributed by atoms with Gasteiger partial charge in [-0.2, -0.15) is 0 Å². The summed E-state index contributed by atoms with van der Waals surface area (Å²) in [6.45, 7) is 1.73. The van der Waals surface area contributed by atoms with Crippen LogP contribution in [0.2, 0.25) is 0 Å². The van der Waals surface area contributed by atoms with Gasteiger partial charge < -0.3 is 19.0 Å². The van der Waals surface area contributed by atoms with Crippen LogP contribution in [0.1, 0.15) is 16.2 Å². The van der Waals surface area contributed by atoms with Crippen molar-refractivity contribution in [3.8, 4) is 17.0 Å². The third kappa shape index (κ3) is 2.90. The molecule has 3 heterocycles. The summed E-state index contributed by atoms with van der Waals surface area (Å²) >= 11 is 0. The molecule has 0 aliphatic heterocycles. The molecular formula is C19H16N4O3. The molecule has 0 fully saturated rings. The van der Waals surface area contributed by atoms with E-state index in [1.165, 1.54) is 0 Å². The maximum absolute atomic E-state index is 12.4. The molecule has 0 saturated carbocycles. The van der Waals surface area contributed by atoms with Gasteiger partial charge in [0.2, 0.25) is 0 Å². The van der Waals surface area contributed by atoms with Crippen LogP contribution in [0, 0.1) is 6.92 Å². The maximum atomic E-state index is 12.4.